The number of benzene rings is 4. The molecule has 304 valence electrons. The maximum Gasteiger partial charge on any atom is 0.170 e. The Kier molecular flexibility index (Phi) is 18.6. The highest BCUT2D eigenvalue weighted by molar-refractivity contribution is 6.17. The molecule has 0 atom stereocenters. The van der Waals surface area contributed by atoms with Crippen LogP contribution in [0.2, 0.25) is 0 Å². The van der Waals surface area contributed by atoms with Crippen molar-refractivity contribution >= 4 is 23.7 Å². The van der Waals surface area contributed by atoms with Crippen LogP contribution in [0.15, 0.2) is 109 Å². The molecule has 0 radical (unpaired) electrons. The molecule has 0 aromatic heterocycles. The Morgan fingerprint density at radius 1 is 0.544 bits per heavy atom. The Morgan fingerprint density at radius 3 is 1.28 bits per heavy atom. The lowest BCUT2D eigenvalue weighted by Crippen LogP contribution is -2.42. The molecule has 0 aliphatic heterocycles. The van der Waals surface area contributed by atoms with Gasteiger partial charge >= 0.3 is 0 Å². The number of allylic oxidation sites excluding steroid dienone is 2. The third-order valence-electron chi connectivity index (χ3n) is 10.4. The Hall–Kier alpha value is -5.18. The fourth-order valence-electron chi connectivity index (χ4n) is 6.92. The van der Waals surface area contributed by atoms with Gasteiger partial charge in [-0.25, -0.2) is 0 Å². The molecule has 0 saturated carbocycles. The van der Waals surface area contributed by atoms with Crippen LogP contribution in [0.4, 0.5) is 0 Å². The number of hydrogen-bond donors (Lipinski definition) is 0. The van der Waals surface area contributed by atoms with Gasteiger partial charge in [0.25, 0.3) is 0 Å². The standard InChI is InChI=1S/C49H62N2O6/c1-7-50(8-2)31-17-33-56-43-27-23-39(35-45(43)54-5)25-29-47(52)49(37-41-19-13-11-14-20-41,38-42-21-15-12-16-22-42)48(53)30-26-40-24-28-44(46(36-40)55-6)57-34-18-32-51(9-3)10-4/h11-16,19-30,35-36H,7-10,17-18,31-34,37-38H2,1-6H3/b29-25-,30-26+. The predicted molar refractivity (Wildman–Crippen MR) is 233 cm³/mol. The number of nitrogens with zero attached hydrogens (tertiary/aromatic N) is 2. The van der Waals surface area contributed by atoms with E-state index < -0.39 is 5.41 Å². The lowest BCUT2D eigenvalue weighted by molar-refractivity contribution is -0.135. The van der Waals surface area contributed by atoms with E-state index in [0.717, 1.165) is 74.4 Å². The molecular weight excluding hydrogens is 713 g/mol. The third-order valence-corrected chi connectivity index (χ3v) is 10.4. The third kappa shape index (κ3) is 13.5. The van der Waals surface area contributed by atoms with E-state index in [1.165, 1.54) is 12.2 Å². The van der Waals surface area contributed by atoms with Crippen molar-refractivity contribution < 1.29 is 28.5 Å². The van der Waals surface area contributed by atoms with Crippen molar-refractivity contribution in [2.45, 2.75) is 53.4 Å². The fourth-order valence-corrected chi connectivity index (χ4v) is 6.92. The van der Waals surface area contributed by atoms with Crippen molar-refractivity contribution in [1.82, 2.24) is 9.80 Å². The van der Waals surface area contributed by atoms with E-state index in [4.69, 9.17) is 18.9 Å². The van der Waals surface area contributed by atoms with Crippen molar-refractivity contribution in [3.63, 3.8) is 0 Å². The van der Waals surface area contributed by atoms with Gasteiger partial charge in [-0.15, -0.1) is 0 Å². The van der Waals surface area contributed by atoms with Crippen LogP contribution >= 0.6 is 0 Å². The van der Waals surface area contributed by atoms with Crippen LogP contribution in [0.3, 0.4) is 0 Å². The van der Waals surface area contributed by atoms with Crippen molar-refractivity contribution in [3.05, 3.63) is 131 Å². The zero-order valence-corrected chi connectivity index (χ0v) is 34.9. The Balaban J connectivity index is 1.62. The number of ether oxygens (including phenoxy) is 4. The normalized spacial score (nSPS) is 11.8. The molecule has 0 N–H and O–H groups in total. The SMILES string of the molecule is CCN(CC)CCCOc1ccc(/C=C\C(=O)C(Cc2ccccc2)(Cc2ccccc2)C(=O)/C=C/c2ccc(OCCCN(CC)CC)c(OC)c2)cc1OC. The molecule has 0 heterocycles. The minimum absolute atomic E-state index is 0.224. The molecule has 0 aliphatic carbocycles. The summed E-state index contributed by atoms with van der Waals surface area (Å²) in [6, 6.07) is 30.7. The van der Waals surface area contributed by atoms with E-state index in [1.54, 1.807) is 26.4 Å². The topological polar surface area (TPSA) is 77.5 Å². The summed E-state index contributed by atoms with van der Waals surface area (Å²) in [7, 11) is 3.22. The molecule has 0 amide bonds. The van der Waals surface area contributed by atoms with Gasteiger partial charge in [-0.2, -0.15) is 0 Å². The number of ketones is 2. The summed E-state index contributed by atoms with van der Waals surface area (Å²) in [4.78, 5) is 34.1. The molecule has 0 aliphatic rings. The van der Waals surface area contributed by atoms with Gasteiger partial charge < -0.3 is 28.7 Å². The monoisotopic (exact) mass is 774 g/mol. The minimum Gasteiger partial charge on any atom is -0.493 e. The van der Waals surface area contributed by atoms with Crippen LogP contribution in [0.5, 0.6) is 23.0 Å². The Morgan fingerprint density at radius 2 is 0.930 bits per heavy atom. The summed E-state index contributed by atoms with van der Waals surface area (Å²) in [5.74, 6) is 1.89. The van der Waals surface area contributed by atoms with Gasteiger partial charge in [-0.1, -0.05) is 113 Å². The van der Waals surface area contributed by atoms with E-state index >= 15 is 0 Å². The van der Waals surface area contributed by atoms with Crippen molar-refractivity contribution in [2.24, 2.45) is 5.41 Å². The van der Waals surface area contributed by atoms with Gasteiger partial charge in [0.2, 0.25) is 0 Å². The molecule has 8 heteroatoms. The highest BCUT2D eigenvalue weighted by Crippen LogP contribution is 2.35. The highest BCUT2D eigenvalue weighted by Gasteiger charge is 2.43. The fraction of sp³-hybridized carbons (Fsp3) is 0.388. The van der Waals surface area contributed by atoms with E-state index in [0.29, 0.717) is 36.2 Å². The summed E-state index contributed by atoms with van der Waals surface area (Å²) in [6.45, 7) is 15.8. The molecule has 4 aromatic rings. The van der Waals surface area contributed by atoms with Crippen LogP contribution in [0, 0.1) is 5.41 Å². The van der Waals surface area contributed by atoms with E-state index in [-0.39, 0.29) is 24.4 Å². The number of carbonyl (C=O) groups excluding carboxylic acids is 2. The minimum atomic E-state index is -1.42. The smallest absolute Gasteiger partial charge is 0.170 e. The van der Waals surface area contributed by atoms with Crippen molar-refractivity contribution in [3.8, 4) is 23.0 Å². The number of methoxy groups -OCH3 is 2. The van der Waals surface area contributed by atoms with Crippen LogP contribution in [0.25, 0.3) is 12.2 Å². The van der Waals surface area contributed by atoms with Crippen LogP contribution in [-0.2, 0) is 22.4 Å². The second-order valence-electron chi connectivity index (χ2n) is 14.1. The number of hydrogen-bond acceptors (Lipinski definition) is 8. The van der Waals surface area contributed by atoms with Crippen molar-refractivity contribution in [2.75, 3.05) is 66.7 Å². The molecule has 4 aromatic carbocycles. The van der Waals surface area contributed by atoms with Crippen LogP contribution in [0.1, 0.15) is 62.8 Å². The van der Waals surface area contributed by atoms with E-state index in [9.17, 15) is 9.59 Å². The molecule has 0 bridgehead atoms. The summed E-state index contributed by atoms with van der Waals surface area (Å²) in [6.07, 6.45) is 8.83. The Bertz CT molecular complexity index is 1730. The molecule has 0 fully saturated rings. The van der Waals surface area contributed by atoms with Crippen LogP contribution < -0.4 is 18.9 Å². The number of carbonyl (C=O) groups is 2. The van der Waals surface area contributed by atoms with Gasteiger partial charge in [0, 0.05) is 13.1 Å². The summed E-state index contributed by atoms with van der Waals surface area (Å²) in [5.41, 5.74) is 1.88. The maximum atomic E-state index is 14.7. The molecule has 0 unspecified atom stereocenters. The van der Waals surface area contributed by atoms with E-state index in [1.807, 2.05) is 97.1 Å². The summed E-state index contributed by atoms with van der Waals surface area (Å²) < 4.78 is 23.5. The zero-order chi connectivity index (χ0) is 40.9. The van der Waals surface area contributed by atoms with Crippen molar-refractivity contribution in [1.29, 1.82) is 0 Å². The second kappa shape index (κ2) is 23.8. The first-order valence-electron chi connectivity index (χ1n) is 20.4. The number of rotatable bonds is 26. The molecule has 0 saturated heterocycles. The van der Waals surface area contributed by atoms with Gasteiger partial charge in [0.05, 0.1) is 27.4 Å². The quantitative estimate of drug-likeness (QED) is 0.0355. The molecule has 8 nitrogen and oxygen atoms in total. The molecular formula is C49H62N2O6. The molecule has 57 heavy (non-hydrogen) atoms. The lowest BCUT2D eigenvalue weighted by atomic mass is 9.69. The first-order chi connectivity index (χ1) is 27.8. The second-order valence-corrected chi connectivity index (χ2v) is 14.1. The first-order valence-corrected chi connectivity index (χ1v) is 20.4. The average Bonchev–Trinajstić information content (AvgIpc) is 3.25. The molecule has 0 spiro atoms. The summed E-state index contributed by atoms with van der Waals surface area (Å²) in [5, 5.41) is 0. The average molecular weight is 775 g/mol. The lowest BCUT2D eigenvalue weighted by Gasteiger charge is -2.29. The Labute approximate surface area is 341 Å². The zero-order valence-electron chi connectivity index (χ0n) is 34.9. The van der Waals surface area contributed by atoms with E-state index in [2.05, 4.69) is 37.5 Å². The van der Waals surface area contributed by atoms with Crippen LogP contribution in [-0.4, -0.2) is 88.1 Å². The summed E-state index contributed by atoms with van der Waals surface area (Å²) >= 11 is 0. The first kappa shape index (κ1) is 44.5. The van der Waals surface area contributed by atoms with Gasteiger partial charge in [-0.3, -0.25) is 9.59 Å². The van der Waals surface area contributed by atoms with Gasteiger partial charge in [-0.05, 0) is 111 Å². The predicted octanol–water partition coefficient (Wildman–Crippen LogP) is 9.26. The van der Waals surface area contributed by atoms with Gasteiger partial charge in [0.15, 0.2) is 34.6 Å². The maximum absolute atomic E-state index is 14.7. The molecule has 4 rings (SSSR count). The largest absolute Gasteiger partial charge is 0.493 e. The highest BCUT2D eigenvalue weighted by atomic mass is 16.5. The van der Waals surface area contributed by atoms with Gasteiger partial charge in [0.1, 0.15) is 5.41 Å².